The summed E-state index contributed by atoms with van der Waals surface area (Å²) in [5.74, 6) is 3.26. The fourth-order valence-corrected chi connectivity index (χ4v) is 4.71. The number of thioether (sulfide) groups is 1. The van der Waals surface area contributed by atoms with Gasteiger partial charge < -0.3 is 9.84 Å². The molecular weight excluding hydrogens is 420 g/mol. The zero-order valence-corrected chi connectivity index (χ0v) is 19.3. The first-order chi connectivity index (χ1) is 15.7. The average molecular weight is 451 g/mol. The normalized spacial score (nSPS) is 16.7. The molecule has 1 aliphatic rings. The van der Waals surface area contributed by atoms with E-state index in [2.05, 4.69) is 51.5 Å². The van der Waals surface area contributed by atoms with E-state index < -0.39 is 0 Å². The average Bonchev–Trinajstić information content (AvgIpc) is 3.29. The van der Waals surface area contributed by atoms with Crippen LogP contribution in [0.25, 0.3) is 11.4 Å². The van der Waals surface area contributed by atoms with E-state index in [4.69, 9.17) is 4.52 Å². The number of hydrogen-bond donors (Lipinski definition) is 1. The maximum Gasteiger partial charge on any atom is 0.241 e. The van der Waals surface area contributed by atoms with E-state index in [1.54, 1.807) is 0 Å². The highest BCUT2D eigenvalue weighted by molar-refractivity contribution is 7.98. The van der Waals surface area contributed by atoms with Crippen LogP contribution >= 0.6 is 11.8 Å². The third kappa shape index (κ3) is 6.43. The number of hydrogen-bond acceptors (Lipinski definition) is 6. The lowest BCUT2D eigenvalue weighted by Gasteiger charge is -2.30. The van der Waals surface area contributed by atoms with Gasteiger partial charge in [-0.05, 0) is 31.9 Å². The third-order valence-electron chi connectivity index (χ3n) is 5.67. The molecular formula is C25H30N4O2S. The Kier molecular flexibility index (Phi) is 7.96. The summed E-state index contributed by atoms with van der Waals surface area (Å²) in [4.78, 5) is 19.4. The van der Waals surface area contributed by atoms with Crippen LogP contribution in [-0.2, 0) is 17.1 Å². The molecule has 1 amide bonds. The second-order valence-electron chi connectivity index (χ2n) is 8.28. The predicted octanol–water partition coefficient (Wildman–Crippen LogP) is 4.31. The fraction of sp³-hybridized carbons (Fsp3) is 0.400. The molecule has 0 aliphatic carbocycles. The highest BCUT2D eigenvalue weighted by Gasteiger charge is 2.26. The van der Waals surface area contributed by atoms with Gasteiger partial charge in [0.1, 0.15) is 0 Å². The van der Waals surface area contributed by atoms with Gasteiger partial charge >= 0.3 is 0 Å². The van der Waals surface area contributed by atoms with Gasteiger partial charge in [-0.15, -0.1) is 0 Å². The molecule has 7 heteroatoms. The van der Waals surface area contributed by atoms with Gasteiger partial charge in [0, 0.05) is 30.2 Å². The number of carbonyl (C=O) groups excluding carboxylic acids is 1. The van der Waals surface area contributed by atoms with Crippen LogP contribution in [0.5, 0.6) is 0 Å². The van der Waals surface area contributed by atoms with Crippen LogP contribution in [0.3, 0.4) is 0 Å². The maximum absolute atomic E-state index is 12.7. The second-order valence-corrected chi connectivity index (χ2v) is 9.39. The molecule has 1 fully saturated rings. The van der Waals surface area contributed by atoms with E-state index in [1.807, 2.05) is 42.1 Å². The molecule has 1 unspecified atom stereocenters. The molecule has 0 saturated carbocycles. The van der Waals surface area contributed by atoms with Crippen LogP contribution < -0.4 is 5.32 Å². The molecule has 1 aromatic heterocycles. The number of aryl methyl sites for hydroxylation is 1. The predicted molar refractivity (Wildman–Crippen MR) is 128 cm³/mol. The van der Waals surface area contributed by atoms with Crippen molar-refractivity contribution >= 4 is 17.7 Å². The molecule has 32 heavy (non-hydrogen) atoms. The van der Waals surface area contributed by atoms with Crippen molar-refractivity contribution in [2.24, 2.45) is 5.92 Å². The molecule has 1 N–H and O–H groups in total. The van der Waals surface area contributed by atoms with Gasteiger partial charge in [0.25, 0.3) is 0 Å². The van der Waals surface area contributed by atoms with Crippen molar-refractivity contribution in [3.63, 3.8) is 0 Å². The van der Waals surface area contributed by atoms with Gasteiger partial charge in [0.05, 0.1) is 12.5 Å². The monoisotopic (exact) mass is 450 g/mol. The van der Waals surface area contributed by atoms with Crippen molar-refractivity contribution in [1.82, 2.24) is 20.4 Å². The summed E-state index contributed by atoms with van der Waals surface area (Å²) in [6.07, 6.45) is 1.93. The van der Waals surface area contributed by atoms with Crippen LogP contribution in [0.15, 0.2) is 59.1 Å². The number of nitrogens with one attached hydrogen (secondary N) is 1. The minimum atomic E-state index is 0.0161. The van der Waals surface area contributed by atoms with Crippen molar-refractivity contribution in [1.29, 1.82) is 0 Å². The minimum absolute atomic E-state index is 0.0161. The van der Waals surface area contributed by atoms with Gasteiger partial charge in [-0.1, -0.05) is 65.3 Å². The SMILES string of the molecule is Cc1ccc(CSCCNC(=O)C2CCCN(Cc3nc(-c4ccccc4)no3)C2)cc1. The van der Waals surface area contributed by atoms with Crippen molar-refractivity contribution < 1.29 is 9.32 Å². The molecule has 168 valence electrons. The molecule has 0 bridgehead atoms. The van der Waals surface area contributed by atoms with E-state index in [1.165, 1.54) is 11.1 Å². The molecule has 2 heterocycles. The number of likely N-dealkylation sites (tertiary alicyclic amines) is 1. The van der Waals surface area contributed by atoms with E-state index in [0.717, 1.165) is 43.0 Å². The number of amides is 1. The Hall–Kier alpha value is -2.64. The van der Waals surface area contributed by atoms with E-state index in [0.29, 0.717) is 24.8 Å². The van der Waals surface area contributed by atoms with E-state index >= 15 is 0 Å². The Bertz CT molecular complexity index is 991. The number of benzene rings is 2. The van der Waals surface area contributed by atoms with Crippen LogP contribution in [0.4, 0.5) is 0 Å². The number of carbonyl (C=O) groups is 1. The van der Waals surface area contributed by atoms with Gasteiger partial charge in [-0.25, -0.2) is 0 Å². The van der Waals surface area contributed by atoms with E-state index in [9.17, 15) is 4.79 Å². The summed E-state index contributed by atoms with van der Waals surface area (Å²) in [5, 5.41) is 7.22. The summed E-state index contributed by atoms with van der Waals surface area (Å²) < 4.78 is 5.45. The van der Waals surface area contributed by atoms with Crippen LogP contribution in [-0.4, -0.2) is 46.3 Å². The third-order valence-corrected chi connectivity index (χ3v) is 6.70. The number of piperidine rings is 1. The van der Waals surface area contributed by atoms with Gasteiger partial charge in [-0.3, -0.25) is 9.69 Å². The molecule has 1 aliphatic heterocycles. The highest BCUT2D eigenvalue weighted by Crippen LogP contribution is 2.20. The second kappa shape index (κ2) is 11.3. The number of rotatable bonds is 9. The van der Waals surface area contributed by atoms with Crippen molar-refractivity contribution in [2.75, 3.05) is 25.4 Å². The Labute approximate surface area is 193 Å². The summed E-state index contributed by atoms with van der Waals surface area (Å²) in [6, 6.07) is 18.4. The Morgan fingerprint density at radius 2 is 2.00 bits per heavy atom. The molecule has 1 atom stereocenters. The van der Waals surface area contributed by atoms with E-state index in [-0.39, 0.29) is 11.8 Å². The lowest BCUT2D eigenvalue weighted by molar-refractivity contribution is -0.126. The topological polar surface area (TPSA) is 71.3 Å². The first-order valence-electron chi connectivity index (χ1n) is 11.2. The first-order valence-corrected chi connectivity index (χ1v) is 12.3. The Morgan fingerprint density at radius 3 is 2.81 bits per heavy atom. The Morgan fingerprint density at radius 1 is 1.19 bits per heavy atom. The van der Waals surface area contributed by atoms with Crippen molar-refractivity contribution in [2.45, 2.75) is 32.1 Å². The summed E-state index contributed by atoms with van der Waals surface area (Å²) in [5.41, 5.74) is 3.55. The first kappa shape index (κ1) is 22.6. The minimum Gasteiger partial charge on any atom is -0.355 e. The summed E-state index contributed by atoms with van der Waals surface area (Å²) in [6.45, 7) is 5.05. The van der Waals surface area contributed by atoms with Gasteiger partial charge in [0.2, 0.25) is 17.6 Å². The zero-order valence-electron chi connectivity index (χ0n) is 18.5. The quantitative estimate of drug-likeness (QED) is 0.490. The largest absolute Gasteiger partial charge is 0.355 e. The van der Waals surface area contributed by atoms with Crippen LogP contribution in [0.1, 0.15) is 29.9 Å². The summed E-state index contributed by atoms with van der Waals surface area (Å²) >= 11 is 1.85. The number of nitrogens with zero attached hydrogens (tertiary/aromatic N) is 3. The highest BCUT2D eigenvalue weighted by atomic mass is 32.2. The van der Waals surface area contributed by atoms with Gasteiger partial charge in [-0.2, -0.15) is 16.7 Å². The molecule has 0 radical (unpaired) electrons. The smallest absolute Gasteiger partial charge is 0.241 e. The standard InChI is InChI=1S/C25H30N4O2S/c1-19-9-11-20(12-10-19)18-32-15-13-26-25(30)22-8-5-14-29(16-22)17-23-27-24(28-31-23)21-6-3-2-4-7-21/h2-4,6-7,9-12,22H,5,8,13-18H2,1H3,(H,26,30). The fourth-order valence-electron chi connectivity index (χ4n) is 3.89. The molecule has 4 rings (SSSR count). The molecule has 1 saturated heterocycles. The van der Waals surface area contributed by atoms with Crippen LogP contribution in [0.2, 0.25) is 0 Å². The van der Waals surface area contributed by atoms with Gasteiger partial charge in [0.15, 0.2) is 0 Å². The van der Waals surface area contributed by atoms with Crippen molar-refractivity contribution in [3.05, 3.63) is 71.6 Å². The van der Waals surface area contributed by atoms with Crippen molar-refractivity contribution in [3.8, 4) is 11.4 Å². The maximum atomic E-state index is 12.7. The van der Waals surface area contributed by atoms with Crippen LogP contribution in [0, 0.1) is 12.8 Å². The molecule has 2 aromatic carbocycles. The molecule has 3 aromatic rings. The lowest BCUT2D eigenvalue weighted by Crippen LogP contribution is -2.43. The lowest BCUT2D eigenvalue weighted by atomic mass is 9.97. The zero-order chi connectivity index (χ0) is 22.2. The molecule has 6 nitrogen and oxygen atoms in total. The number of aromatic nitrogens is 2. The molecule has 0 spiro atoms. The summed E-state index contributed by atoms with van der Waals surface area (Å²) in [7, 11) is 0. The Balaban J connectivity index is 1.18.